The van der Waals surface area contributed by atoms with Gasteiger partial charge in [0.25, 0.3) is 0 Å². The summed E-state index contributed by atoms with van der Waals surface area (Å²) in [5.74, 6) is 1.02. The Morgan fingerprint density at radius 1 is 1.31 bits per heavy atom. The summed E-state index contributed by atoms with van der Waals surface area (Å²) < 4.78 is 11.0. The maximum atomic E-state index is 5.97. The van der Waals surface area contributed by atoms with E-state index in [2.05, 4.69) is 43.3 Å². The highest BCUT2D eigenvalue weighted by Crippen LogP contribution is 2.24. The van der Waals surface area contributed by atoms with Crippen LogP contribution in [0, 0.1) is 0 Å². The van der Waals surface area contributed by atoms with E-state index in [0.717, 1.165) is 71.0 Å². The van der Waals surface area contributed by atoms with Gasteiger partial charge < -0.3 is 19.7 Å². The summed E-state index contributed by atoms with van der Waals surface area (Å²) in [7, 11) is 1.73. The molecule has 1 N–H and O–H groups in total. The highest BCUT2D eigenvalue weighted by Gasteiger charge is 2.22. The van der Waals surface area contributed by atoms with Crippen molar-refractivity contribution < 1.29 is 9.47 Å². The molecule has 1 aliphatic rings. The first-order valence-electron chi connectivity index (χ1n) is 10.5. The van der Waals surface area contributed by atoms with Crippen LogP contribution >= 0.6 is 35.3 Å². The molecule has 0 radical (unpaired) electrons. The average molecular weight is 539 g/mol. The molecule has 0 atom stereocenters. The number of rotatable bonds is 9. The Kier molecular flexibility index (Phi) is 12.6. The van der Waals surface area contributed by atoms with Crippen molar-refractivity contribution in [2.75, 3.05) is 46.5 Å². The van der Waals surface area contributed by atoms with Crippen molar-refractivity contribution in [3.63, 3.8) is 0 Å². The largest absolute Gasteiger partial charge is 0.385 e. The van der Waals surface area contributed by atoms with Crippen molar-refractivity contribution in [1.82, 2.24) is 15.2 Å². The smallest absolute Gasteiger partial charge is 0.193 e. The Labute approximate surface area is 197 Å². The molecule has 0 aromatic carbocycles. The van der Waals surface area contributed by atoms with Gasteiger partial charge in [0.15, 0.2) is 5.96 Å². The molecule has 1 aromatic rings. The number of ether oxygens (including phenoxy) is 2. The normalized spacial score (nSPS) is 16.0. The van der Waals surface area contributed by atoms with Gasteiger partial charge in [-0.25, -0.2) is 4.98 Å². The SMILES string of the molecule is CCNC(=NCCc1nc(C(C)(C)C)cs1)N1CCC(OCCCOC)CC1.I. The van der Waals surface area contributed by atoms with E-state index in [0.29, 0.717) is 6.10 Å². The third-order valence-corrected chi connectivity index (χ3v) is 5.74. The molecular weight excluding hydrogens is 499 g/mol. The van der Waals surface area contributed by atoms with Gasteiger partial charge in [-0.05, 0) is 26.2 Å². The van der Waals surface area contributed by atoms with Crippen LogP contribution in [0.25, 0.3) is 0 Å². The van der Waals surface area contributed by atoms with Crippen LogP contribution in [0.15, 0.2) is 10.4 Å². The highest BCUT2D eigenvalue weighted by molar-refractivity contribution is 14.0. The first kappa shape index (κ1) is 26.6. The molecule has 1 fully saturated rings. The minimum absolute atomic E-state index is 0. The van der Waals surface area contributed by atoms with Gasteiger partial charge in [-0.2, -0.15) is 0 Å². The fraction of sp³-hybridized carbons (Fsp3) is 0.810. The summed E-state index contributed by atoms with van der Waals surface area (Å²) in [4.78, 5) is 12.0. The summed E-state index contributed by atoms with van der Waals surface area (Å²) in [6.45, 7) is 13.9. The van der Waals surface area contributed by atoms with Crippen LogP contribution in [0.3, 0.4) is 0 Å². The van der Waals surface area contributed by atoms with Crippen molar-refractivity contribution in [3.8, 4) is 0 Å². The monoisotopic (exact) mass is 538 g/mol. The van der Waals surface area contributed by atoms with Gasteiger partial charge in [-0.1, -0.05) is 20.8 Å². The molecule has 2 rings (SSSR count). The standard InChI is InChI=1S/C21H38N4O2S.HI/c1-6-22-20(23-11-8-19-24-18(16-28-19)21(2,3)4)25-12-9-17(10-13-25)27-15-7-14-26-5;/h16-17H,6-15H2,1-5H3,(H,22,23);1H. The maximum Gasteiger partial charge on any atom is 0.193 e. The molecule has 0 aliphatic carbocycles. The Bertz CT molecular complexity index is 596. The molecule has 1 aromatic heterocycles. The lowest BCUT2D eigenvalue weighted by molar-refractivity contribution is 0.00991. The van der Waals surface area contributed by atoms with Crippen LogP contribution in [0.4, 0.5) is 0 Å². The van der Waals surface area contributed by atoms with Crippen LogP contribution in [0.1, 0.15) is 57.7 Å². The number of nitrogens with one attached hydrogen (secondary N) is 1. The van der Waals surface area contributed by atoms with Gasteiger partial charge in [0, 0.05) is 63.7 Å². The van der Waals surface area contributed by atoms with E-state index >= 15 is 0 Å². The number of guanidine groups is 1. The molecule has 0 bridgehead atoms. The number of halogens is 1. The number of hydrogen-bond acceptors (Lipinski definition) is 5. The molecule has 0 spiro atoms. The third kappa shape index (κ3) is 9.48. The fourth-order valence-electron chi connectivity index (χ4n) is 3.14. The van der Waals surface area contributed by atoms with E-state index in [-0.39, 0.29) is 29.4 Å². The molecule has 1 saturated heterocycles. The fourth-order valence-corrected chi connectivity index (χ4v) is 4.16. The second kappa shape index (κ2) is 13.8. The number of piperidine rings is 1. The van der Waals surface area contributed by atoms with Gasteiger partial charge in [-0.15, -0.1) is 35.3 Å². The van der Waals surface area contributed by atoms with E-state index in [9.17, 15) is 0 Å². The van der Waals surface area contributed by atoms with Crippen LogP contribution in [-0.2, 0) is 21.3 Å². The number of nitrogens with zero attached hydrogens (tertiary/aromatic N) is 3. The zero-order valence-corrected chi connectivity index (χ0v) is 21.8. The molecule has 1 aliphatic heterocycles. The Balaban J connectivity index is 0.00000420. The van der Waals surface area contributed by atoms with Gasteiger partial charge >= 0.3 is 0 Å². The zero-order valence-electron chi connectivity index (χ0n) is 18.7. The number of aromatic nitrogens is 1. The number of thiazole rings is 1. The lowest BCUT2D eigenvalue weighted by Gasteiger charge is -2.34. The van der Waals surface area contributed by atoms with Gasteiger partial charge in [0.05, 0.1) is 16.8 Å². The quantitative estimate of drug-likeness (QED) is 0.222. The Morgan fingerprint density at radius 3 is 2.62 bits per heavy atom. The number of likely N-dealkylation sites (tertiary alicyclic amines) is 1. The second-order valence-corrected chi connectivity index (χ2v) is 9.21. The lowest BCUT2D eigenvalue weighted by Crippen LogP contribution is -2.47. The summed E-state index contributed by atoms with van der Waals surface area (Å²) >= 11 is 1.75. The average Bonchev–Trinajstić information content (AvgIpc) is 3.15. The van der Waals surface area contributed by atoms with E-state index < -0.39 is 0 Å². The van der Waals surface area contributed by atoms with Crippen molar-refractivity contribution >= 4 is 41.3 Å². The summed E-state index contributed by atoms with van der Waals surface area (Å²) in [5.41, 5.74) is 1.29. The number of aliphatic imine (C=N–C) groups is 1. The van der Waals surface area contributed by atoms with Crippen molar-refractivity contribution in [2.24, 2.45) is 4.99 Å². The first-order valence-corrected chi connectivity index (χ1v) is 11.4. The maximum absolute atomic E-state index is 5.97. The summed E-state index contributed by atoms with van der Waals surface area (Å²) in [6, 6.07) is 0. The lowest BCUT2D eigenvalue weighted by atomic mass is 9.93. The molecule has 6 nitrogen and oxygen atoms in total. The molecular formula is C21H39IN4O2S. The molecule has 29 heavy (non-hydrogen) atoms. The predicted molar refractivity (Wildman–Crippen MR) is 133 cm³/mol. The topological polar surface area (TPSA) is 59.0 Å². The van der Waals surface area contributed by atoms with Crippen molar-refractivity contribution in [1.29, 1.82) is 0 Å². The molecule has 2 heterocycles. The van der Waals surface area contributed by atoms with E-state index in [1.807, 2.05) is 0 Å². The molecule has 8 heteroatoms. The molecule has 0 amide bonds. The second-order valence-electron chi connectivity index (χ2n) is 8.27. The molecule has 168 valence electrons. The highest BCUT2D eigenvalue weighted by atomic mass is 127. The minimum Gasteiger partial charge on any atom is -0.385 e. The molecule has 0 saturated carbocycles. The van der Waals surface area contributed by atoms with Crippen LogP contribution in [0.5, 0.6) is 0 Å². The van der Waals surface area contributed by atoms with E-state index in [1.54, 1.807) is 18.4 Å². The first-order chi connectivity index (χ1) is 13.4. The number of methoxy groups -OCH3 is 1. The number of hydrogen-bond donors (Lipinski definition) is 1. The van der Waals surface area contributed by atoms with Crippen LogP contribution < -0.4 is 5.32 Å². The summed E-state index contributed by atoms with van der Waals surface area (Å²) in [6.07, 6.45) is 4.34. The third-order valence-electron chi connectivity index (χ3n) is 4.83. The predicted octanol–water partition coefficient (Wildman–Crippen LogP) is 4.08. The Morgan fingerprint density at radius 2 is 2.03 bits per heavy atom. The summed E-state index contributed by atoms with van der Waals surface area (Å²) in [5, 5.41) is 6.80. The van der Waals surface area contributed by atoms with Crippen LogP contribution in [0.2, 0.25) is 0 Å². The van der Waals surface area contributed by atoms with Gasteiger partial charge in [-0.3, -0.25) is 4.99 Å². The van der Waals surface area contributed by atoms with Crippen molar-refractivity contribution in [3.05, 3.63) is 16.1 Å². The van der Waals surface area contributed by atoms with E-state index in [1.165, 1.54) is 10.7 Å². The zero-order chi connectivity index (χ0) is 20.4. The van der Waals surface area contributed by atoms with Gasteiger partial charge in [0.2, 0.25) is 0 Å². The minimum atomic E-state index is 0. The van der Waals surface area contributed by atoms with Crippen molar-refractivity contribution in [2.45, 2.75) is 64.9 Å². The molecule has 0 unspecified atom stereocenters. The van der Waals surface area contributed by atoms with E-state index in [4.69, 9.17) is 19.5 Å². The van der Waals surface area contributed by atoms with Crippen LogP contribution in [-0.4, -0.2) is 68.4 Å². The Hall–Kier alpha value is -0.450. The van der Waals surface area contributed by atoms with Gasteiger partial charge in [0.1, 0.15) is 0 Å².